The summed E-state index contributed by atoms with van der Waals surface area (Å²) in [5.41, 5.74) is 1.47. The Morgan fingerprint density at radius 2 is 1.86 bits per heavy atom. The Hall–Kier alpha value is -1.26. The lowest BCUT2D eigenvalue weighted by Crippen LogP contribution is -2.48. The van der Waals surface area contributed by atoms with Gasteiger partial charge in [0.05, 0.1) is 13.7 Å². The molecular formula is C18H30N2O2. The van der Waals surface area contributed by atoms with E-state index in [-0.39, 0.29) is 5.41 Å². The Morgan fingerprint density at radius 3 is 2.41 bits per heavy atom. The molecule has 1 fully saturated rings. The molecule has 1 atom stereocenters. The molecule has 0 unspecified atom stereocenters. The molecule has 124 valence electrons. The second kappa shape index (κ2) is 7.34. The Kier molecular flexibility index (Phi) is 5.70. The minimum atomic E-state index is 0.162. The first-order valence-corrected chi connectivity index (χ1v) is 8.23. The van der Waals surface area contributed by atoms with Crippen LogP contribution in [-0.4, -0.2) is 44.8 Å². The van der Waals surface area contributed by atoms with Gasteiger partial charge in [0, 0.05) is 32.2 Å². The van der Waals surface area contributed by atoms with Gasteiger partial charge in [0.25, 0.3) is 0 Å². The van der Waals surface area contributed by atoms with Crippen molar-refractivity contribution < 1.29 is 9.47 Å². The lowest BCUT2D eigenvalue weighted by atomic mass is 9.81. The summed E-state index contributed by atoms with van der Waals surface area (Å²) in [6.07, 6.45) is 0. The van der Waals surface area contributed by atoms with Gasteiger partial charge in [-0.1, -0.05) is 26.8 Å². The van der Waals surface area contributed by atoms with Crippen molar-refractivity contribution in [1.29, 1.82) is 0 Å². The van der Waals surface area contributed by atoms with Gasteiger partial charge in [-0.05, 0) is 30.0 Å². The number of rotatable bonds is 5. The predicted molar refractivity (Wildman–Crippen MR) is 90.8 cm³/mol. The van der Waals surface area contributed by atoms with Crippen molar-refractivity contribution in [3.8, 4) is 11.5 Å². The SMILES string of the molecule is CCOc1cc([C@@H](N2CCNCC2)C(C)(C)C)ccc1OC. The van der Waals surface area contributed by atoms with Crippen LogP contribution in [0.3, 0.4) is 0 Å². The fourth-order valence-electron chi connectivity index (χ4n) is 3.33. The minimum absolute atomic E-state index is 0.162. The van der Waals surface area contributed by atoms with Gasteiger partial charge in [0.2, 0.25) is 0 Å². The van der Waals surface area contributed by atoms with Gasteiger partial charge >= 0.3 is 0 Å². The molecule has 1 heterocycles. The summed E-state index contributed by atoms with van der Waals surface area (Å²) in [6.45, 7) is 13.9. The molecule has 0 spiro atoms. The lowest BCUT2D eigenvalue weighted by molar-refractivity contribution is 0.0859. The number of nitrogens with one attached hydrogen (secondary N) is 1. The van der Waals surface area contributed by atoms with E-state index in [2.05, 4.69) is 43.1 Å². The summed E-state index contributed by atoms with van der Waals surface area (Å²) < 4.78 is 11.2. The summed E-state index contributed by atoms with van der Waals surface area (Å²) >= 11 is 0. The van der Waals surface area contributed by atoms with Crippen molar-refractivity contribution >= 4 is 0 Å². The number of ether oxygens (including phenoxy) is 2. The minimum Gasteiger partial charge on any atom is -0.493 e. The van der Waals surface area contributed by atoms with Crippen LogP contribution in [0.25, 0.3) is 0 Å². The Bertz CT molecular complexity index is 476. The van der Waals surface area contributed by atoms with Crippen LogP contribution in [0.5, 0.6) is 11.5 Å². The van der Waals surface area contributed by atoms with Gasteiger partial charge in [-0.25, -0.2) is 0 Å². The lowest BCUT2D eigenvalue weighted by Gasteiger charge is -2.42. The molecule has 22 heavy (non-hydrogen) atoms. The molecule has 0 bridgehead atoms. The highest BCUT2D eigenvalue weighted by Crippen LogP contribution is 2.41. The largest absolute Gasteiger partial charge is 0.493 e. The van der Waals surface area contributed by atoms with Crippen LogP contribution in [0, 0.1) is 5.41 Å². The van der Waals surface area contributed by atoms with Gasteiger partial charge in [0.1, 0.15) is 0 Å². The van der Waals surface area contributed by atoms with Gasteiger partial charge in [-0.3, -0.25) is 4.90 Å². The third-order valence-corrected chi connectivity index (χ3v) is 4.14. The van der Waals surface area contributed by atoms with Crippen LogP contribution >= 0.6 is 0 Å². The quantitative estimate of drug-likeness (QED) is 0.906. The second-order valence-corrected chi connectivity index (χ2v) is 6.90. The number of hydrogen-bond acceptors (Lipinski definition) is 4. The van der Waals surface area contributed by atoms with Crippen molar-refractivity contribution in [3.05, 3.63) is 23.8 Å². The Balaban J connectivity index is 2.36. The van der Waals surface area contributed by atoms with E-state index in [1.165, 1.54) is 5.56 Å². The first-order valence-electron chi connectivity index (χ1n) is 8.23. The number of methoxy groups -OCH3 is 1. The molecule has 1 aliphatic heterocycles. The molecule has 1 aromatic carbocycles. The zero-order valence-corrected chi connectivity index (χ0v) is 14.6. The van der Waals surface area contributed by atoms with Crippen LogP contribution in [0.1, 0.15) is 39.3 Å². The van der Waals surface area contributed by atoms with E-state index in [1.54, 1.807) is 7.11 Å². The highest BCUT2D eigenvalue weighted by molar-refractivity contribution is 5.44. The maximum Gasteiger partial charge on any atom is 0.161 e. The molecule has 2 rings (SSSR count). The standard InChI is InChI=1S/C18H30N2O2/c1-6-22-16-13-14(7-8-15(16)21-5)17(18(2,3)4)20-11-9-19-10-12-20/h7-8,13,17,19H,6,9-12H2,1-5H3/t17-/m1/s1. The molecule has 0 aromatic heterocycles. The summed E-state index contributed by atoms with van der Waals surface area (Å²) in [5.74, 6) is 1.64. The third kappa shape index (κ3) is 3.93. The molecule has 0 aliphatic carbocycles. The summed E-state index contributed by atoms with van der Waals surface area (Å²) in [4.78, 5) is 2.58. The maximum absolute atomic E-state index is 5.76. The van der Waals surface area contributed by atoms with E-state index < -0.39 is 0 Å². The molecule has 4 heteroatoms. The van der Waals surface area contributed by atoms with Crippen LogP contribution in [0.15, 0.2) is 18.2 Å². The maximum atomic E-state index is 5.76. The zero-order chi connectivity index (χ0) is 16.2. The number of benzene rings is 1. The van der Waals surface area contributed by atoms with E-state index >= 15 is 0 Å². The van der Waals surface area contributed by atoms with Gasteiger partial charge in [0.15, 0.2) is 11.5 Å². The monoisotopic (exact) mass is 306 g/mol. The van der Waals surface area contributed by atoms with Gasteiger partial charge in [-0.2, -0.15) is 0 Å². The Labute approximate surface area is 134 Å². The average Bonchev–Trinajstić information content (AvgIpc) is 2.48. The van der Waals surface area contributed by atoms with Crippen LogP contribution in [-0.2, 0) is 0 Å². The fourth-order valence-corrected chi connectivity index (χ4v) is 3.33. The first kappa shape index (κ1) is 17.1. The predicted octanol–water partition coefficient (Wildman–Crippen LogP) is 3.09. The number of piperazine rings is 1. The molecular weight excluding hydrogens is 276 g/mol. The molecule has 0 radical (unpaired) electrons. The molecule has 0 saturated carbocycles. The van der Waals surface area contributed by atoms with Crippen molar-refractivity contribution in [2.75, 3.05) is 39.9 Å². The van der Waals surface area contributed by atoms with Crippen molar-refractivity contribution in [3.63, 3.8) is 0 Å². The highest BCUT2D eigenvalue weighted by Gasteiger charge is 2.33. The topological polar surface area (TPSA) is 33.7 Å². The van der Waals surface area contributed by atoms with Crippen molar-refractivity contribution in [2.24, 2.45) is 5.41 Å². The molecule has 1 N–H and O–H groups in total. The molecule has 1 aliphatic rings. The molecule has 4 nitrogen and oxygen atoms in total. The van der Waals surface area contributed by atoms with Gasteiger partial charge < -0.3 is 14.8 Å². The summed E-state index contributed by atoms with van der Waals surface area (Å²) in [6, 6.07) is 6.74. The van der Waals surface area contributed by atoms with Gasteiger partial charge in [-0.15, -0.1) is 0 Å². The van der Waals surface area contributed by atoms with Crippen LogP contribution < -0.4 is 14.8 Å². The zero-order valence-electron chi connectivity index (χ0n) is 14.6. The fraction of sp³-hybridized carbons (Fsp3) is 0.667. The van der Waals surface area contributed by atoms with E-state index in [9.17, 15) is 0 Å². The van der Waals surface area contributed by atoms with Crippen LogP contribution in [0.4, 0.5) is 0 Å². The Morgan fingerprint density at radius 1 is 1.18 bits per heavy atom. The van der Waals surface area contributed by atoms with E-state index in [4.69, 9.17) is 9.47 Å². The molecule has 1 saturated heterocycles. The third-order valence-electron chi connectivity index (χ3n) is 4.14. The summed E-state index contributed by atoms with van der Waals surface area (Å²) in [7, 11) is 1.69. The highest BCUT2D eigenvalue weighted by atomic mass is 16.5. The molecule has 1 aromatic rings. The van der Waals surface area contributed by atoms with E-state index in [1.807, 2.05) is 13.0 Å². The smallest absolute Gasteiger partial charge is 0.161 e. The molecule has 0 amide bonds. The normalized spacial score (nSPS) is 18.0. The van der Waals surface area contributed by atoms with Crippen LogP contribution in [0.2, 0.25) is 0 Å². The van der Waals surface area contributed by atoms with E-state index in [0.717, 1.165) is 37.7 Å². The van der Waals surface area contributed by atoms with Crippen molar-refractivity contribution in [1.82, 2.24) is 10.2 Å². The summed E-state index contributed by atoms with van der Waals surface area (Å²) in [5, 5.41) is 3.44. The van der Waals surface area contributed by atoms with Crippen molar-refractivity contribution in [2.45, 2.75) is 33.7 Å². The first-order chi connectivity index (χ1) is 10.5. The number of hydrogen-bond donors (Lipinski definition) is 1. The van der Waals surface area contributed by atoms with E-state index in [0.29, 0.717) is 12.6 Å². The second-order valence-electron chi connectivity index (χ2n) is 6.90. The average molecular weight is 306 g/mol. The number of nitrogens with zero attached hydrogens (tertiary/aromatic N) is 1.